The fourth-order valence-corrected chi connectivity index (χ4v) is 3.22. The van der Waals surface area contributed by atoms with E-state index in [1.54, 1.807) is 37.3 Å². The van der Waals surface area contributed by atoms with E-state index in [1.807, 2.05) is 0 Å². The van der Waals surface area contributed by atoms with Crippen molar-refractivity contribution < 1.29 is 19.1 Å². The quantitative estimate of drug-likeness (QED) is 0.318. The lowest BCUT2D eigenvalue weighted by atomic mass is 10.1. The van der Waals surface area contributed by atoms with E-state index in [1.165, 1.54) is 13.2 Å². The van der Waals surface area contributed by atoms with Crippen molar-refractivity contribution in [2.75, 3.05) is 18.2 Å². The average Bonchev–Trinajstić information content (AvgIpc) is 2.71. The molecule has 0 saturated heterocycles. The summed E-state index contributed by atoms with van der Waals surface area (Å²) in [6.07, 6.45) is 0. The number of nitrogens with zero attached hydrogens (tertiary/aromatic N) is 2. The number of thioether (sulfide) groups is 1. The van der Waals surface area contributed by atoms with E-state index in [0.29, 0.717) is 11.4 Å². The number of imide groups is 1. The maximum atomic E-state index is 12.5. The number of aromatic amines is 1. The molecule has 2 heterocycles. The van der Waals surface area contributed by atoms with Crippen molar-refractivity contribution in [2.45, 2.75) is 12.1 Å². The molecule has 11 heteroatoms. The van der Waals surface area contributed by atoms with E-state index in [-0.39, 0.29) is 27.5 Å². The van der Waals surface area contributed by atoms with Crippen LogP contribution in [0.1, 0.15) is 16.1 Å². The van der Waals surface area contributed by atoms with Gasteiger partial charge in [0.15, 0.2) is 10.8 Å². The van der Waals surface area contributed by atoms with E-state index < -0.39 is 23.5 Å². The van der Waals surface area contributed by atoms with Gasteiger partial charge in [-0.3, -0.25) is 14.9 Å². The smallest absolute Gasteiger partial charge is 0.338 e. The number of pyridine rings is 1. The second kappa shape index (κ2) is 9.18. The highest BCUT2D eigenvalue weighted by molar-refractivity contribution is 7.99. The van der Waals surface area contributed by atoms with Crippen molar-refractivity contribution in [1.29, 1.82) is 0 Å². The zero-order valence-corrected chi connectivity index (χ0v) is 16.8. The molecule has 0 radical (unpaired) electrons. The number of fused-ring (bicyclic) bond motifs is 1. The van der Waals surface area contributed by atoms with Gasteiger partial charge in [0.1, 0.15) is 0 Å². The molecule has 10 nitrogen and oxygen atoms in total. The Morgan fingerprint density at radius 2 is 1.90 bits per heavy atom. The Morgan fingerprint density at radius 1 is 1.17 bits per heavy atom. The summed E-state index contributed by atoms with van der Waals surface area (Å²) in [4.78, 5) is 59.1. The summed E-state index contributed by atoms with van der Waals surface area (Å²) in [5.41, 5.74) is 0.549. The van der Waals surface area contributed by atoms with Crippen LogP contribution in [0.25, 0.3) is 11.0 Å². The van der Waals surface area contributed by atoms with Crippen LogP contribution in [-0.2, 0) is 9.53 Å². The molecule has 0 bridgehead atoms. The summed E-state index contributed by atoms with van der Waals surface area (Å²) < 4.78 is 4.70. The lowest BCUT2D eigenvalue weighted by molar-refractivity contribution is -0.117. The number of esters is 1. The number of urea groups is 1. The number of carbonyl (C=O) groups excluding carboxylic acids is 3. The predicted octanol–water partition coefficient (Wildman–Crippen LogP) is 1.85. The van der Waals surface area contributed by atoms with Gasteiger partial charge in [0.2, 0.25) is 5.91 Å². The third-order valence-electron chi connectivity index (χ3n) is 3.81. The summed E-state index contributed by atoms with van der Waals surface area (Å²) in [6, 6.07) is 9.42. The maximum absolute atomic E-state index is 12.5. The van der Waals surface area contributed by atoms with Gasteiger partial charge in [-0.25, -0.2) is 19.6 Å². The maximum Gasteiger partial charge on any atom is 0.338 e. The molecule has 3 N–H and O–H groups in total. The number of hydrogen-bond acceptors (Lipinski definition) is 8. The Bertz CT molecular complexity index is 1180. The number of aromatic nitrogens is 3. The first kappa shape index (κ1) is 21.0. The number of ether oxygens (including phenoxy) is 1. The zero-order chi connectivity index (χ0) is 21.7. The van der Waals surface area contributed by atoms with Gasteiger partial charge < -0.3 is 15.0 Å². The Hall–Kier alpha value is -3.73. The minimum absolute atomic E-state index is 0.00323. The third-order valence-corrected chi connectivity index (χ3v) is 4.69. The monoisotopic (exact) mass is 427 g/mol. The van der Waals surface area contributed by atoms with Gasteiger partial charge in [-0.05, 0) is 25.1 Å². The Labute approximate surface area is 174 Å². The highest BCUT2D eigenvalue weighted by atomic mass is 32.2. The Kier molecular flexibility index (Phi) is 6.42. The molecule has 3 rings (SSSR count). The van der Waals surface area contributed by atoms with Crippen molar-refractivity contribution >= 4 is 46.4 Å². The number of H-pyrrole nitrogens is 1. The van der Waals surface area contributed by atoms with Crippen molar-refractivity contribution in [3.63, 3.8) is 0 Å². The first-order chi connectivity index (χ1) is 14.4. The number of rotatable bonds is 5. The highest BCUT2D eigenvalue weighted by Gasteiger charge is 2.18. The zero-order valence-electron chi connectivity index (χ0n) is 16.0. The number of hydrogen-bond donors (Lipinski definition) is 3. The number of benzene rings is 1. The number of para-hydroxylation sites is 1. The number of aryl methyl sites for hydroxylation is 1. The number of methoxy groups -OCH3 is 1. The van der Waals surface area contributed by atoms with Crippen LogP contribution in [0.4, 0.5) is 10.5 Å². The number of carbonyl (C=O) groups is 3. The molecule has 0 aliphatic rings. The van der Waals surface area contributed by atoms with Crippen LogP contribution >= 0.6 is 11.8 Å². The van der Waals surface area contributed by atoms with Crippen LogP contribution in [0, 0.1) is 6.92 Å². The lowest BCUT2D eigenvalue weighted by Gasteiger charge is -2.08. The van der Waals surface area contributed by atoms with Crippen molar-refractivity contribution in [3.05, 3.63) is 58.0 Å². The van der Waals surface area contributed by atoms with Gasteiger partial charge in [-0.15, -0.1) is 0 Å². The van der Waals surface area contributed by atoms with Crippen molar-refractivity contribution in [1.82, 2.24) is 20.3 Å². The third kappa shape index (κ3) is 5.00. The molecule has 154 valence electrons. The molecule has 0 spiro atoms. The largest absolute Gasteiger partial charge is 0.465 e. The van der Waals surface area contributed by atoms with Crippen molar-refractivity contribution in [3.8, 4) is 0 Å². The molecule has 1 aromatic carbocycles. The average molecular weight is 427 g/mol. The number of anilines is 1. The summed E-state index contributed by atoms with van der Waals surface area (Å²) in [5.74, 6) is -1.43. The minimum atomic E-state index is -0.679. The summed E-state index contributed by atoms with van der Waals surface area (Å²) >= 11 is 0.917. The van der Waals surface area contributed by atoms with Crippen LogP contribution in [0.15, 0.2) is 46.3 Å². The molecule has 0 aliphatic carbocycles. The summed E-state index contributed by atoms with van der Waals surface area (Å²) in [6.45, 7) is 1.65. The van der Waals surface area contributed by atoms with Gasteiger partial charge >= 0.3 is 12.0 Å². The predicted molar refractivity (Wildman–Crippen MR) is 111 cm³/mol. The van der Waals surface area contributed by atoms with Crippen molar-refractivity contribution in [2.24, 2.45) is 0 Å². The summed E-state index contributed by atoms with van der Waals surface area (Å²) in [7, 11) is 1.21. The standard InChI is InChI=1S/C19H17N5O5S/c1-10-8-12(17(27)29-2)14-15(20-10)23-19(24-16(14)26)30-9-13(25)22-18(28)21-11-6-4-3-5-7-11/h3-8H,9H2,1-2H3,(H,20,23,24,26)(H2,21,22,25,28). The Morgan fingerprint density at radius 3 is 2.60 bits per heavy atom. The van der Waals surface area contributed by atoms with Crippen LogP contribution < -0.4 is 16.2 Å². The minimum Gasteiger partial charge on any atom is -0.465 e. The molecule has 3 amide bonds. The van der Waals surface area contributed by atoms with Crippen LogP contribution in [0.3, 0.4) is 0 Å². The van der Waals surface area contributed by atoms with Gasteiger partial charge in [0, 0.05) is 11.4 Å². The molecule has 0 atom stereocenters. The SMILES string of the molecule is COC(=O)c1cc(C)nc2nc(SCC(=O)NC(=O)Nc3ccccc3)[nH]c(=O)c12. The van der Waals surface area contributed by atoms with Crippen LogP contribution in [0.2, 0.25) is 0 Å². The molecular formula is C19H17N5O5S. The van der Waals surface area contributed by atoms with Gasteiger partial charge in [0.05, 0.1) is 23.8 Å². The second-order valence-corrected chi connectivity index (χ2v) is 6.99. The molecule has 0 fully saturated rings. The van der Waals surface area contributed by atoms with Gasteiger partial charge in [-0.2, -0.15) is 0 Å². The fourth-order valence-electron chi connectivity index (χ4n) is 2.56. The molecule has 0 unspecified atom stereocenters. The van der Waals surface area contributed by atoms with E-state index in [0.717, 1.165) is 11.8 Å². The van der Waals surface area contributed by atoms with Gasteiger partial charge in [-0.1, -0.05) is 30.0 Å². The van der Waals surface area contributed by atoms with E-state index in [2.05, 4.69) is 25.6 Å². The fraction of sp³-hybridized carbons (Fsp3) is 0.158. The van der Waals surface area contributed by atoms with Crippen LogP contribution in [0.5, 0.6) is 0 Å². The first-order valence-corrected chi connectivity index (χ1v) is 9.64. The molecule has 0 aliphatic heterocycles. The number of amides is 3. The van der Waals surface area contributed by atoms with Gasteiger partial charge in [0.25, 0.3) is 5.56 Å². The second-order valence-electron chi connectivity index (χ2n) is 6.03. The lowest BCUT2D eigenvalue weighted by Crippen LogP contribution is -2.35. The first-order valence-electron chi connectivity index (χ1n) is 8.66. The van der Waals surface area contributed by atoms with E-state index >= 15 is 0 Å². The molecule has 0 saturated carbocycles. The molecule has 2 aromatic heterocycles. The topological polar surface area (TPSA) is 143 Å². The van der Waals surface area contributed by atoms with E-state index in [9.17, 15) is 19.2 Å². The normalized spacial score (nSPS) is 10.5. The molecular weight excluding hydrogens is 410 g/mol. The Balaban J connectivity index is 1.70. The molecule has 30 heavy (non-hydrogen) atoms. The van der Waals surface area contributed by atoms with Crippen LogP contribution in [-0.4, -0.2) is 45.7 Å². The summed E-state index contributed by atoms with van der Waals surface area (Å²) in [5, 5.41) is 4.84. The van der Waals surface area contributed by atoms with E-state index in [4.69, 9.17) is 4.74 Å². The molecule has 3 aromatic rings. The number of nitrogens with one attached hydrogen (secondary N) is 3. The highest BCUT2D eigenvalue weighted by Crippen LogP contribution is 2.18.